The monoisotopic (exact) mass is 174 g/mol. The standard InChI is InChI=1S/C6H10N2O4/c1-3(8-12)5(9)7-4(2)6(10)11/h4,12H,1-2H3,(H,7,9)(H,10,11)/b8-3+/t4-/m0/s1. The van der Waals surface area contributed by atoms with E-state index in [4.69, 9.17) is 10.3 Å². The molecule has 0 bridgehead atoms. The van der Waals surface area contributed by atoms with Gasteiger partial charge < -0.3 is 15.6 Å². The molecule has 3 N–H and O–H groups in total. The van der Waals surface area contributed by atoms with E-state index in [1.54, 1.807) is 0 Å². The van der Waals surface area contributed by atoms with Crippen molar-refractivity contribution in [2.45, 2.75) is 19.9 Å². The van der Waals surface area contributed by atoms with Gasteiger partial charge in [0.15, 0.2) is 0 Å². The maximum atomic E-state index is 10.8. The molecular weight excluding hydrogens is 164 g/mol. The van der Waals surface area contributed by atoms with Gasteiger partial charge in [0.05, 0.1) is 0 Å². The highest BCUT2D eigenvalue weighted by atomic mass is 16.4. The molecule has 6 nitrogen and oxygen atoms in total. The van der Waals surface area contributed by atoms with Crippen LogP contribution in [0.4, 0.5) is 0 Å². The molecule has 0 aliphatic heterocycles. The summed E-state index contributed by atoms with van der Waals surface area (Å²) in [7, 11) is 0. The molecule has 0 aliphatic rings. The van der Waals surface area contributed by atoms with Crippen molar-refractivity contribution in [3.05, 3.63) is 0 Å². The smallest absolute Gasteiger partial charge is 0.325 e. The highest BCUT2D eigenvalue weighted by Gasteiger charge is 2.15. The Balaban J connectivity index is 4.11. The van der Waals surface area contributed by atoms with Gasteiger partial charge in [-0.2, -0.15) is 0 Å². The predicted molar refractivity (Wildman–Crippen MR) is 40.1 cm³/mol. The quantitative estimate of drug-likeness (QED) is 0.303. The number of oxime groups is 1. The van der Waals surface area contributed by atoms with Gasteiger partial charge in [0, 0.05) is 0 Å². The summed E-state index contributed by atoms with van der Waals surface area (Å²) < 4.78 is 0. The lowest BCUT2D eigenvalue weighted by Gasteiger charge is -2.07. The van der Waals surface area contributed by atoms with E-state index in [1.807, 2.05) is 0 Å². The van der Waals surface area contributed by atoms with Crippen LogP contribution in [0.5, 0.6) is 0 Å². The van der Waals surface area contributed by atoms with Gasteiger partial charge in [0.1, 0.15) is 11.8 Å². The molecule has 6 heteroatoms. The van der Waals surface area contributed by atoms with Crippen molar-refractivity contribution in [1.29, 1.82) is 0 Å². The Morgan fingerprint density at radius 3 is 2.33 bits per heavy atom. The molecule has 0 aromatic rings. The molecule has 0 rings (SSSR count). The third-order valence-corrected chi connectivity index (χ3v) is 1.20. The van der Waals surface area contributed by atoms with Crippen LogP contribution in [0.25, 0.3) is 0 Å². The van der Waals surface area contributed by atoms with Gasteiger partial charge in [-0.15, -0.1) is 0 Å². The maximum absolute atomic E-state index is 10.8. The van der Waals surface area contributed by atoms with E-state index in [2.05, 4.69) is 10.5 Å². The lowest BCUT2D eigenvalue weighted by molar-refractivity contribution is -0.140. The largest absolute Gasteiger partial charge is 0.480 e. The first-order chi connectivity index (χ1) is 5.49. The number of aliphatic carboxylic acids is 1. The minimum Gasteiger partial charge on any atom is -0.480 e. The Bertz CT molecular complexity index is 224. The molecule has 12 heavy (non-hydrogen) atoms. The summed E-state index contributed by atoms with van der Waals surface area (Å²) in [4.78, 5) is 21.1. The number of hydrogen-bond acceptors (Lipinski definition) is 4. The molecule has 0 saturated heterocycles. The Hall–Kier alpha value is -1.59. The summed E-state index contributed by atoms with van der Waals surface area (Å²) in [5, 5.41) is 21.2. The molecule has 0 spiro atoms. The topological polar surface area (TPSA) is 99.0 Å². The average molecular weight is 174 g/mol. The number of amides is 1. The van der Waals surface area contributed by atoms with E-state index in [0.29, 0.717) is 0 Å². The number of nitrogens with zero attached hydrogens (tertiary/aromatic N) is 1. The minimum absolute atomic E-state index is 0.178. The van der Waals surface area contributed by atoms with Crippen molar-refractivity contribution in [1.82, 2.24) is 5.32 Å². The van der Waals surface area contributed by atoms with Crippen molar-refractivity contribution in [2.24, 2.45) is 5.16 Å². The van der Waals surface area contributed by atoms with Crippen LogP contribution in [0.1, 0.15) is 13.8 Å². The SMILES string of the molecule is C/C(=N\O)C(=O)N[C@@H](C)C(=O)O. The second kappa shape index (κ2) is 4.32. The second-order valence-corrected chi connectivity index (χ2v) is 2.22. The summed E-state index contributed by atoms with van der Waals surface area (Å²) in [5.74, 6) is -1.85. The normalized spacial score (nSPS) is 13.7. The number of rotatable bonds is 3. The van der Waals surface area contributed by atoms with Crippen LogP contribution >= 0.6 is 0 Å². The second-order valence-electron chi connectivity index (χ2n) is 2.22. The fourth-order valence-electron chi connectivity index (χ4n) is 0.408. The maximum Gasteiger partial charge on any atom is 0.325 e. The fraction of sp³-hybridized carbons (Fsp3) is 0.500. The molecule has 0 unspecified atom stereocenters. The van der Waals surface area contributed by atoms with Crippen LogP contribution in [-0.4, -0.2) is 33.9 Å². The number of carbonyl (C=O) groups is 2. The minimum atomic E-state index is -1.14. The lowest BCUT2D eigenvalue weighted by Crippen LogP contribution is -2.41. The molecule has 1 atom stereocenters. The molecule has 1 amide bonds. The Morgan fingerprint density at radius 1 is 1.50 bits per heavy atom. The van der Waals surface area contributed by atoms with Gasteiger partial charge in [0.2, 0.25) is 0 Å². The molecule has 0 fully saturated rings. The van der Waals surface area contributed by atoms with Crippen molar-refractivity contribution < 1.29 is 19.9 Å². The Kier molecular flexibility index (Phi) is 3.75. The first-order valence-electron chi connectivity index (χ1n) is 3.21. The highest BCUT2D eigenvalue weighted by molar-refractivity contribution is 6.38. The molecule has 0 saturated carbocycles. The first-order valence-corrected chi connectivity index (χ1v) is 3.21. The van der Waals surface area contributed by atoms with E-state index in [0.717, 1.165) is 0 Å². The summed E-state index contributed by atoms with van der Waals surface area (Å²) in [6.07, 6.45) is 0. The predicted octanol–water partition coefficient (Wildman–Crippen LogP) is -0.574. The zero-order chi connectivity index (χ0) is 9.72. The van der Waals surface area contributed by atoms with Gasteiger partial charge in [-0.25, -0.2) is 0 Å². The number of carboxylic acid groups (broad SMARTS) is 1. The number of hydrogen-bond donors (Lipinski definition) is 3. The van der Waals surface area contributed by atoms with Gasteiger partial charge in [-0.1, -0.05) is 5.16 Å². The summed E-state index contributed by atoms with van der Waals surface area (Å²) in [5.41, 5.74) is -0.178. The van der Waals surface area contributed by atoms with Crippen molar-refractivity contribution in [3.8, 4) is 0 Å². The van der Waals surface area contributed by atoms with Gasteiger partial charge in [-0.3, -0.25) is 9.59 Å². The van der Waals surface area contributed by atoms with Gasteiger partial charge >= 0.3 is 5.97 Å². The van der Waals surface area contributed by atoms with Crippen molar-refractivity contribution in [3.63, 3.8) is 0 Å². The summed E-state index contributed by atoms with van der Waals surface area (Å²) >= 11 is 0. The summed E-state index contributed by atoms with van der Waals surface area (Å²) in [6.45, 7) is 2.58. The van der Waals surface area contributed by atoms with Crippen LogP contribution < -0.4 is 5.32 Å². The number of carbonyl (C=O) groups excluding carboxylic acids is 1. The number of nitrogens with one attached hydrogen (secondary N) is 1. The Labute approximate surface area is 68.9 Å². The third kappa shape index (κ3) is 3.00. The van der Waals surface area contributed by atoms with Crippen LogP contribution in [0.15, 0.2) is 5.16 Å². The van der Waals surface area contributed by atoms with E-state index < -0.39 is 17.9 Å². The highest BCUT2D eigenvalue weighted by Crippen LogP contribution is 1.83. The van der Waals surface area contributed by atoms with Crippen molar-refractivity contribution in [2.75, 3.05) is 0 Å². The zero-order valence-electron chi connectivity index (χ0n) is 6.74. The molecule has 0 radical (unpaired) electrons. The van der Waals surface area contributed by atoms with Gasteiger partial charge in [-0.05, 0) is 13.8 Å². The first kappa shape index (κ1) is 10.4. The molecule has 0 aromatic carbocycles. The molecule has 0 aromatic heterocycles. The van der Waals surface area contributed by atoms with Crippen LogP contribution in [0.2, 0.25) is 0 Å². The van der Waals surface area contributed by atoms with Crippen molar-refractivity contribution >= 4 is 17.6 Å². The van der Waals surface area contributed by atoms with Crippen LogP contribution in [-0.2, 0) is 9.59 Å². The van der Waals surface area contributed by atoms with E-state index in [9.17, 15) is 9.59 Å². The van der Waals surface area contributed by atoms with E-state index >= 15 is 0 Å². The average Bonchev–Trinajstić information content (AvgIpc) is 2.02. The summed E-state index contributed by atoms with van der Waals surface area (Å²) in [6, 6.07) is -0.991. The van der Waals surface area contributed by atoms with Crippen LogP contribution in [0, 0.1) is 0 Å². The molecule has 0 aliphatic carbocycles. The number of carboxylic acids is 1. The molecule has 0 heterocycles. The van der Waals surface area contributed by atoms with Crippen LogP contribution in [0.3, 0.4) is 0 Å². The molecule has 68 valence electrons. The Morgan fingerprint density at radius 2 is 2.00 bits per heavy atom. The van der Waals surface area contributed by atoms with E-state index in [-0.39, 0.29) is 5.71 Å². The lowest BCUT2D eigenvalue weighted by atomic mass is 10.3. The third-order valence-electron chi connectivity index (χ3n) is 1.20. The van der Waals surface area contributed by atoms with Gasteiger partial charge in [0.25, 0.3) is 5.91 Å². The zero-order valence-corrected chi connectivity index (χ0v) is 6.74. The fourth-order valence-corrected chi connectivity index (χ4v) is 0.408. The van der Waals surface area contributed by atoms with E-state index in [1.165, 1.54) is 13.8 Å². The molecular formula is C6H10N2O4.